The Morgan fingerprint density at radius 1 is 0.871 bits per heavy atom. The maximum atomic E-state index is 12.5. The Bertz CT molecular complexity index is 953. The molecule has 2 rings (SSSR count). The Labute approximate surface area is 182 Å². The van der Waals surface area contributed by atoms with E-state index in [9.17, 15) is 14.4 Å². The number of ether oxygens (including phenoxy) is 3. The number of hydrogen-bond donors (Lipinski definition) is 1. The summed E-state index contributed by atoms with van der Waals surface area (Å²) in [6, 6.07) is 10.1. The van der Waals surface area contributed by atoms with Gasteiger partial charge in [0.1, 0.15) is 6.54 Å². The quantitative estimate of drug-likeness (QED) is 0.460. The van der Waals surface area contributed by atoms with Gasteiger partial charge < -0.3 is 19.5 Å². The molecule has 0 aliphatic heterocycles. The second-order valence-electron chi connectivity index (χ2n) is 7.01. The van der Waals surface area contributed by atoms with Crippen LogP contribution in [-0.4, -0.2) is 43.5 Å². The fraction of sp³-hybridized carbons (Fsp3) is 0.375. The molecule has 0 heterocycles. The smallest absolute Gasteiger partial charge is 0.326 e. The summed E-state index contributed by atoms with van der Waals surface area (Å²) in [5, 5.41) is 2.50. The van der Waals surface area contributed by atoms with Crippen molar-refractivity contribution < 1.29 is 28.6 Å². The lowest BCUT2D eigenvalue weighted by Gasteiger charge is -2.14. The van der Waals surface area contributed by atoms with Crippen molar-refractivity contribution in [3.63, 3.8) is 0 Å². The number of ketones is 1. The number of rotatable bonds is 10. The Hall–Kier alpha value is -3.35. The van der Waals surface area contributed by atoms with Gasteiger partial charge >= 0.3 is 5.97 Å². The zero-order valence-corrected chi connectivity index (χ0v) is 18.6. The van der Waals surface area contributed by atoms with Gasteiger partial charge in [-0.15, -0.1) is 0 Å². The first-order valence-corrected chi connectivity index (χ1v) is 10.3. The predicted octanol–water partition coefficient (Wildman–Crippen LogP) is 3.65. The molecule has 1 amide bonds. The van der Waals surface area contributed by atoms with Crippen molar-refractivity contribution in [2.75, 3.05) is 19.8 Å². The molecule has 0 fully saturated rings. The summed E-state index contributed by atoms with van der Waals surface area (Å²) >= 11 is 0. The van der Waals surface area contributed by atoms with Gasteiger partial charge in [-0.2, -0.15) is 0 Å². The van der Waals surface area contributed by atoms with Crippen LogP contribution >= 0.6 is 0 Å². The standard InChI is InChI=1S/C24H29NO6/c1-6-29-20-11-10-19(13-21(20)30-7-2)24(28)25-14-22(26)31-17(5)23(27)18-9-8-15(3)16(4)12-18/h8-13,17H,6-7,14H2,1-5H3,(H,25,28). The monoisotopic (exact) mass is 427 g/mol. The average molecular weight is 427 g/mol. The van der Waals surface area contributed by atoms with Gasteiger partial charge in [-0.05, 0) is 70.0 Å². The van der Waals surface area contributed by atoms with E-state index in [2.05, 4.69) is 5.32 Å². The Balaban J connectivity index is 1.94. The third-order valence-electron chi connectivity index (χ3n) is 4.67. The highest BCUT2D eigenvalue weighted by Gasteiger charge is 2.20. The van der Waals surface area contributed by atoms with Crippen LogP contribution in [0.15, 0.2) is 36.4 Å². The first-order chi connectivity index (χ1) is 14.8. The third kappa shape index (κ3) is 6.57. The van der Waals surface area contributed by atoms with Gasteiger partial charge in [0.2, 0.25) is 5.78 Å². The Kier molecular flexibility index (Phi) is 8.61. The third-order valence-corrected chi connectivity index (χ3v) is 4.67. The lowest BCUT2D eigenvalue weighted by Crippen LogP contribution is -2.34. The van der Waals surface area contributed by atoms with Crippen molar-refractivity contribution in [1.29, 1.82) is 0 Å². The van der Waals surface area contributed by atoms with Crippen LogP contribution in [0.25, 0.3) is 0 Å². The number of Topliss-reactive ketones (excluding diaryl/α,β-unsaturated/α-hetero) is 1. The zero-order valence-electron chi connectivity index (χ0n) is 18.6. The first-order valence-electron chi connectivity index (χ1n) is 10.3. The molecular weight excluding hydrogens is 398 g/mol. The van der Waals surface area contributed by atoms with Gasteiger partial charge in [-0.3, -0.25) is 14.4 Å². The van der Waals surface area contributed by atoms with Crippen LogP contribution in [0.3, 0.4) is 0 Å². The van der Waals surface area contributed by atoms with Crippen molar-refractivity contribution in [3.8, 4) is 11.5 Å². The highest BCUT2D eigenvalue weighted by Crippen LogP contribution is 2.28. The van der Waals surface area contributed by atoms with Crippen molar-refractivity contribution in [2.45, 2.75) is 40.7 Å². The van der Waals surface area contributed by atoms with E-state index < -0.39 is 18.0 Å². The number of hydrogen-bond acceptors (Lipinski definition) is 6. The first kappa shape index (κ1) is 23.9. The second kappa shape index (κ2) is 11.2. The molecule has 7 heteroatoms. The molecule has 0 saturated carbocycles. The van der Waals surface area contributed by atoms with E-state index in [1.165, 1.54) is 6.92 Å². The number of nitrogens with one attached hydrogen (secondary N) is 1. The minimum atomic E-state index is -0.957. The summed E-state index contributed by atoms with van der Waals surface area (Å²) in [6.45, 7) is 9.60. The molecule has 2 aromatic rings. The van der Waals surface area contributed by atoms with E-state index in [1.807, 2.05) is 33.8 Å². The summed E-state index contributed by atoms with van der Waals surface area (Å²) < 4.78 is 16.2. The highest BCUT2D eigenvalue weighted by atomic mass is 16.5. The highest BCUT2D eigenvalue weighted by molar-refractivity contribution is 6.01. The summed E-state index contributed by atoms with van der Waals surface area (Å²) in [5.74, 6) is -0.468. The lowest BCUT2D eigenvalue weighted by atomic mass is 10.0. The molecular formula is C24H29NO6. The van der Waals surface area contributed by atoms with Crippen LogP contribution in [0.2, 0.25) is 0 Å². The largest absolute Gasteiger partial charge is 0.490 e. The van der Waals surface area contributed by atoms with Crippen LogP contribution in [0.1, 0.15) is 52.6 Å². The normalized spacial score (nSPS) is 11.4. The van der Waals surface area contributed by atoms with E-state index in [-0.39, 0.29) is 12.3 Å². The molecule has 0 aliphatic carbocycles. The van der Waals surface area contributed by atoms with Crippen LogP contribution in [0.5, 0.6) is 11.5 Å². The van der Waals surface area contributed by atoms with Gasteiger partial charge in [0.15, 0.2) is 17.6 Å². The van der Waals surface area contributed by atoms with Crippen molar-refractivity contribution in [2.24, 2.45) is 0 Å². The van der Waals surface area contributed by atoms with Crippen LogP contribution in [0, 0.1) is 13.8 Å². The summed E-state index contributed by atoms with van der Waals surface area (Å²) in [4.78, 5) is 37.0. The molecule has 7 nitrogen and oxygen atoms in total. The second-order valence-corrected chi connectivity index (χ2v) is 7.01. The molecule has 1 N–H and O–H groups in total. The van der Waals surface area contributed by atoms with Crippen molar-refractivity contribution >= 4 is 17.7 Å². The molecule has 0 saturated heterocycles. The summed E-state index contributed by atoms with van der Waals surface area (Å²) in [7, 11) is 0. The predicted molar refractivity (Wildman–Crippen MR) is 117 cm³/mol. The van der Waals surface area contributed by atoms with E-state index in [1.54, 1.807) is 30.3 Å². The Morgan fingerprint density at radius 3 is 2.16 bits per heavy atom. The molecule has 0 aliphatic rings. The van der Waals surface area contributed by atoms with Crippen LogP contribution < -0.4 is 14.8 Å². The Morgan fingerprint density at radius 2 is 1.52 bits per heavy atom. The maximum Gasteiger partial charge on any atom is 0.326 e. The lowest BCUT2D eigenvalue weighted by molar-refractivity contribution is -0.145. The van der Waals surface area contributed by atoms with Crippen molar-refractivity contribution in [3.05, 3.63) is 58.7 Å². The topological polar surface area (TPSA) is 90.9 Å². The van der Waals surface area contributed by atoms with Crippen LogP contribution in [-0.2, 0) is 9.53 Å². The van der Waals surface area contributed by atoms with Gasteiger partial charge in [0.25, 0.3) is 5.91 Å². The zero-order chi connectivity index (χ0) is 23.0. The summed E-state index contributed by atoms with van der Waals surface area (Å²) in [6.07, 6.45) is -0.957. The molecule has 0 bridgehead atoms. The molecule has 0 aromatic heterocycles. The molecule has 166 valence electrons. The summed E-state index contributed by atoms with van der Waals surface area (Å²) in [5.41, 5.74) is 2.85. The maximum absolute atomic E-state index is 12.5. The fourth-order valence-corrected chi connectivity index (χ4v) is 2.87. The SMILES string of the molecule is CCOc1ccc(C(=O)NCC(=O)OC(C)C(=O)c2ccc(C)c(C)c2)cc1OCC. The van der Waals surface area contributed by atoms with Gasteiger partial charge in [0.05, 0.1) is 13.2 Å². The number of carbonyl (C=O) groups is 3. The van der Waals surface area contributed by atoms with E-state index >= 15 is 0 Å². The van der Waals surface area contributed by atoms with Gasteiger partial charge in [-0.25, -0.2) is 0 Å². The minimum Gasteiger partial charge on any atom is -0.490 e. The molecule has 0 radical (unpaired) electrons. The van der Waals surface area contributed by atoms with Gasteiger partial charge in [0, 0.05) is 11.1 Å². The molecule has 31 heavy (non-hydrogen) atoms. The van der Waals surface area contributed by atoms with Gasteiger partial charge in [-0.1, -0.05) is 12.1 Å². The van der Waals surface area contributed by atoms with Crippen molar-refractivity contribution in [1.82, 2.24) is 5.32 Å². The number of benzene rings is 2. The van der Waals surface area contributed by atoms with E-state index in [0.717, 1.165) is 11.1 Å². The molecule has 1 unspecified atom stereocenters. The molecule has 2 aromatic carbocycles. The van der Waals surface area contributed by atoms with Crippen LogP contribution in [0.4, 0.5) is 0 Å². The average Bonchev–Trinajstić information content (AvgIpc) is 2.75. The number of esters is 1. The number of aryl methyl sites for hydroxylation is 2. The molecule has 0 spiro atoms. The fourth-order valence-electron chi connectivity index (χ4n) is 2.87. The van der Waals surface area contributed by atoms with E-state index in [4.69, 9.17) is 14.2 Å². The van der Waals surface area contributed by atoms with E-state index in [0.29, 0.717) is 35.8 Å². The minimum absolute atomic E-state index is 0.296. The number of carbonyl (C=O) groups excluding carboxylic acids is 3. The number of amides is 1. The molecule has 1 atom stereocenters.